The molecule has 0 aromatic heterocycles. The highest BCUT2D eigenvalue weighted by atomic mass is 16.6. The van der Waals surface area contributed by atoms with Crippen LogP contribution >= 0.6 is 0 Å². The Balaban J connectivity index is 1.70. The molecule has 2 rings (SSSR count). The van der Waals surface area contributed by atoms with Gasteiger partial charge in [0.25, 0.3) is 0 Å². The van der Waals surface area contributed by atoms with Crippen molar-refractivity contribution in [3.63, 3.8) is 0 Å². The maximum absolute atomic E-state index is 11.4. The van der Waals surface area contributed by atoms with Gasteiger partial charge in [0.1, 0.15) is 25.3 Å². The van der Waals surface area contributed by atoms with Gasteiger partial charge in [0.2, 0.25) is 0 Å². The number of esters is 1. The minimum atomic E-state index is -0.407. The number of nitrogens with two attached hydrogens (primary N) is 2. The predicted molar refractivity (Wildman–Crippen MR) is 80.0 cm³/mol. The summed E-state index contributed by atoms with van der Waals surface area (Å²) < 4.78 is 16.0. The molecule has 5 N–H and O–H groups in total. The van der Waals surface area contributed by atoms with E-state index in [9.17, 15) is 4.79 Å². The molecule has 0 spiro atoms. The van der Waals surface area contributed by atoms with Gasteiger partial charge < -0.3 is 35.9 Å². The molecule has 2 heterocycles. The minimum absolute atomic E-state index is 0.0825. The van der Waals surface area contributed by atoms with Gasteiger partial charge in [0, 0.05) is 12.7 Å². The van der Waals surface area contributed by atoms with Crippen LogP contribution in [0.4, 0.5) is 0 Å². The number of rotatable bonds is 7. The molecule has 8 nitrogen and oxygen atoms in total. The van der Waals surface area contributed by atoms with Crippen molar-refractivity contribution in [2.75, 3.05) is 26.4 Å². The van der Waals surface area contributed by atoms with Crippen molar-refractivity contribution >= 4 is 5.97 Å². The summed E-state index contributed by atoms with van der Waals surface area (Å²) in [5.74, 6) is 0.295. The largest absolute Gasteiger partial charge is 0.461 e. The first-order valence-corrected chi connectivity index (χ1v) is 7.36. The third-order valence-electron chi connectivity index (χ3n) is 3.41. The molecule has 0 amide bonds. The molecule has 1 saturated heterocycles. The fourth-order valence-electron chi connectivity index (χ4n) is 2.34. The molecule has 2 aliphatic rings. The summed E-state index contributed by atoms with van der Waals surface area (Å²) in [6.45, 7) is 4.78. The topological polar surface area (TPSA) is 112 Å². The molecular formula is C14H24N4O4. The third kappa shape index (κ3) is 4.70. The molecule has 0 radical (unpaired) electrons. The van der Waals surface area contributed by atoms with Crippen molar-refractivity contribution < 1.29 is 19.0 Å². The molecule has 2 aliphatic heterocycles. The lowest BCUT2D eigenvalue weighted by Gasteiger charge is -2.34. The van der Waals surface area contributed by atoms with Gasteiger partial charge in [-0.05, 0) is 18.9 Å². The van der Waals surface area contributed by atoms with Crippen LogP contribution < -0.4 is 16.8 Å². The van der Waals surface area contributed by atoms with Crippen molar-refractivity contribution in [3.05, 3.63) is 24.7 Å². The number of carbonyl (C=O) groups is 1. The number of hydrogen-bond acceptors (Lipinski definition) is 8. The molecule has 22 heavy (non-hydrogen) atoms. The first kappa shape index (κ1) is 16.8. The summed E-state index contributed by atoms with van der Waals surface area (Å²) in [5.41, 5.74) is 11.0. The Morgan fingerprint density at radius 2 is 2.36 bits per heavy atom. The normalized spacial score (nSPS) is 27.8. The van der Waals surface area contributed by atoms with Crippen LogP contribution in [0, 0.1) is 0 Å². The van der Waals surface area contributed by atoms with Gasteiger partial charge in [-0.15, -0.1) is 0 Å². The zero-order valence-corrected chi connectivity index (χ0v) is 12.6. The van der Waals surface area contributed by atoms with Gasteiger partial charge in [-0.1, -0.05) is 6.58 Å². The van der Waals surface area contributed by atoms with E-state index in [0.717, 1.165) is 12.8 Å². The maximum atomic E-state index is 11.4. The van der Waals surface area contributed by atoms with Gasteiger partial charge >= 0.3 is 5.97 Å². The lowest BCUT2D eigenvalue weighted by atomic mass is 10.2. The molecule has 3 atom stereocenters. The number of carbonyl (C=O) groups excluding carboxylic acids is 1. The molecule has 0 aromatic rings. The second kappa shape index (κ2) is 8.14. The van der Waals surface area contributed by atoms with E-state index in [1.54, 1.807) is 0 Å². The Bertz CT molecular complexity index is 429. The molecule has 0 saturated carbocycles. The number of nitrogens with one attached hydrogen (secondary N) is 1. The summed E-state index contributed by atoms with van der Waals surface area (Å²) in [4.78, 5) is 13.3. The standard InChI is InChI=1S/C14H24N4O4/c1-10-17-12(16)4-6-18(10)13-3-2-11(22-13)8-21-14(19)9-20-7-5-15/h4,6,11-13,17H,1-3,5,7-9,15-16H2. The maximum Gasteiger partial charge on any atom is 0.332 e. The Labute approximate surface area is 130 Å². The number of hydrogen-bond donors (Lipinski definition) is 3. The Morgan fingerprint density at radius 3 is 3.09 bits per heavy atom. The SMILES string of the molecule is C=C1NC(N)C=CN1C1CCC(COC(=O)COCCN)O1. The van der Waals surface area contributed by atoms with Crippen molar-refractivity contribution in [1.82, 2.24) is 10.2 Å². The Morgan fingerprint density at radius 1 is 1.55 bits per heavy atom. The smallest absolute Gasteiger partial charge is 0.332 e. The Kier molecular flexibility index (Phi) is 6.20. The van der Waals surface area contributed by atoms with Crippen molar-refractivity contribution in [3.8, 4) is 0 Å². The summed E-state index contributed by atoms with van der Waals surface area (Å²) in [6, 6.07) is 0. The highest BCUT2D eigenvalue weighted by molar-refractivity contribution is 5.70. The van der Waals surface area contributed by atoms with Crippen LogP contribution in [0.5, 0.6) is 0 Å². The molecule has 8 heteroatoms. The lowest BCUT2D eigenvalue weighted by Crippen LogP contribution is -2.46. The van der Waals surface area contributed by atoms with E-state index >= 15 is 0 Å². The first-order valence-electron chi connectivity index (χ1n) is 7.36. The highest BCUT2D eigenvalue weighted by Gasteiger charge is 2.31. The van der Waals surface area contributed by atoms with E-state index in [-0.39, 0.29) is 31.7 Å². The third-order valence-corrected chi connectivity index (χ3v) is 3.41. The second-order valence-corrected chi connectivity index (χ2v) is 5.18. The zero-order chi connectivity index (χ0) is 15.9. The van der Waals surface area contributed by atoms with Crippen molar-refractivity contribution in [2.24, 2.45) is 11.5 Å². The van der Waals surface area contributed by atoms with Crippen LogP contribution in [0.3, 0.4) is 0 Å². The van der Waals surface area contributed by atoms with Crippen LogP contribution in [0.15, 0.2) is 24.7 Å². The summed E-state index contributed by atoms with van der Waals surface area (Å²) in [7, 11) is 0. The summed E-state index contributed by atoms with van der Waals surface area (Å²) >= 11 is 0. The van der Waals surface area contributed by atoms with E-state index in [4.69, 9.17) is 25.7 Å². The Hall–Kier alpha value is -1.61. The van der Waals surface area contributed by atoms with Crippen LogP contribution in [0.1, 0.15) is 12.8 Å². The average Bonchev–Trinajstić information content (AvgIpc) is 2.94. The van der Waals surface area contributed by atoms with Crippen LogP contribution in [-0.4, -0.2) is 55.7 Å². The molecule has 0 aromatic carbocycles. The average molecular weight is 312 g/mol. The fraction of sp³-hybridized carbons (Fsp3) is 0.643. The predicted octanol–water partition coefficient (Wildman–Crippen LogP) is -0.815. The molecular weight excluding hydrogens is 288 g/mol. The number of ether oxygens (including phenoxy) is 3. The van der Waals surface area contributed by atoms with Crippen LogP contribution in [0.2, 0.25) is 0 Å². The minimum Gasteiger partial charge on any atom is -0.461 e. The van der Waals surface area contributed by atoms with E-state index in [1.165, 1.54) is 0 Å². The van der Waals surface area contributed by atoms with Gasteiger partial charge in [-0.25, -0.2) is 4.79 Å². The summed E-state index contributed by atoms with van der Waals surface area (Å²) in [5, 5.41) is 3.03. The van der Waals surface area contributed by atoms with E-state index < -0.39 is 5.97 Å². The van der Waals surface area contributed by atoms with E-state index in [2.05, 4.69) is 11.9 Å². The molecule has 0 aliphatic carbocycles. The number of nitrogens with zero attached hydrogens (tertiary/aromatic N) is 1. The van der Waals surface area contributed by atoms with Gasteiger partial charge in [0.15, 0.2) is 0 Å². The molecule has 3 unspecified atom stereocenters. The monoisotopic (exact) mass is 312 g/mol. The van der Waals surface area contributed by atoms with E-state index in [1.807, 2.05) is 17.2 Å². The molecule has 1 fully saturated rings. The first-order chi connectivity index (χ1) is 10.6. The summed E-state index contributed by atoms with van der Waals surface area (Å²) in [6.07, 6.45) is 4.86. The zero-order valence-electron chi connectivity index (χ0n) is 12.6. The molecule has 124 valence electrons. The van der Waals surface area contributed by atoms with Gasteiger partial charge in [0.05, 0.1) is 18.9 Å². The van der Waals surface area contributed by atoms with Gasteiger partial charge in [-0.3, -0.25) is 0 Å². The quantitative estimate of drug-likeness (QED) is 0.413. The molecule has 0 bridgehead atoms. The van der Waals surface area contributed by atoms with Crippen molar-refractivity contribution in [1.29, 1.82) is 0 Å². The lowest BCUT2D eigenvalue weighted by molar-refractivity contribution is -0.153. The van der Waals surface area contributed by atoms with Crippen LogP contribution in [0.25, 0.3) is 0 Å². The highest BCUT2D eigenvalue weighted by Crippen LogP contribution is 2.26. The fourth-order valence-corrected chi connectivity index (χ4v) is 2.34. The van der Waals surface area contributed by atoms with Crippen LogP contribution in [-0.2, 0) is 19.0 Å². The van der Waals surface area contributed by atoms with E-state index in [0.29, 0.717) is 19.0 Å². The van der Waals surface area contributed by atoms with Gasteiger partial charge in [-0.2, -0.15) is 0 Å². The second-order valence-electron chi connectivity index (χ2n) is 5.18. The van der Waals surface area contributed by atoms with Crippen molar-refractivity contribution in [2.45, 2.75) is 31.3 Å².